The van der Waals surface area contributed by atoms with Crippen LogP contribution in [-0.2, 0) is 20.7 Å². The number of esters is 1. The number of benzene rings is 1. The molecule has 1 saturated carbocycles. The van der Waals surface area contributed by atoms with E-state index in [1.807, 2.05) is 19.1 Å². The quantitative estimate of drug-likeness (QED) is 0.771. The van der Waals surface area contributed by atoms with Crippen molar-refractivity contribution in [2.45, 2.75) is 63.6 Å². The van der Waals surface area contributed by atoms with Crippen LogP contribution in [0.25, 0.3) is 0 Å². The Hall–Kier alpha value is -1.55. The van der Waals surface area contributed by atoms with Gasteiger partial charge in [-0.05, 0) is 68.7 Å². The first kappa shape index (κ1) is 16.3. The van der Waals surface area contributed by atoms with Crippen molar-refractivity contribution in [2.75, 3.05) is 13.7 Å². The average Bonchev–Trinajstić information content (AvgIpc) is 2.95. The molecule has 0 N–H and O–H groups in total. The first-order valence-corrected chi connectivity index (χ1v) is 8.60. The lowest BCUT2D eigenvalue weighted by Gasteiger charge is -2.33. The molecule has 1 fully saturated rings. The highest BCUT2D eigenvalue weighted by atomic mass is 16.6. The Bertz CT molecular complexity index is 560. The van der Waals surface area contributed by atoms with Gasteiger partial charge in [0.15, 0.2) is 6.61 Å². The standard InChI is InChI=1S/C19H26O4/c1-19(10-4-3-5-11-19)23-18(20)13-22-15-8-6-14-7-9-17(21-2)16(14)12-15/h6,8,12,17H,3-5,7,9-11,13H2,1-2H3. The predicted molar refractivity (Wildman–Crippen MR) is 87.6 cm³/mol. The molecule has 0 aliphatic heterocycles. The van der Waals surface area contributed by atoms with Crippen molar-refractivity contribution >= 4 is 5.97 Å². The van der Waals surface area contributed by atoms with Crippen LogP contribution in [-0.4, -0.2) is 25.3 Å². The number of carbonyl (C=O) groups excluding carboxylic acids is 1. The molecular formula is C19H26O4. The Morgan fingerprint density at radius 3 is 2.78 bits per heavy atom. The topological polar surface area (TPSA) is 44.8 Å². The Balaban J connectivity index is 1.55. The molecule has 1 aromatic rings. The van der Waals surface area contributed by atoms with Crippen LogP contribution in [0.4, 0.5) is 0 Å². The molecule has 23 heavy (non-hydrogen) atoms. The van der Waals surface area contributed by atoms with Gasteiger partial charge in [0.05, 0.1) is 6.10 Å². The lowest BCUT2D eigenvalue weighted by molar-refractivity contribution is -0.163. The molecule has 0 spiro atoms. The van der Waals surface area contributed by atoms with Gasteiger partial charge in [0.1, 0.15) is 11.4 Å². The maximum absolute atomic E-state index is 12.1. The van der Waals surface area contributed by atoms with Gasteiger partial charge in [0, 0.05) is 7.11 Å². The van der Waals surface area contributed by atoms with Crippen molar-refractivity contribution in [3.05, 3.63) is 29.3 Å². The summed E-state index contributed by atoms with van der Waals surface area (Å²) in [5.41, 5.74) is 2.18. The molecule has 126 valence electrons. The molecular weight excluding hydrogens is 292 g/mol. The highest BCUT2D eigenvalue weighted by Crippen LogP contribution is 2.36. The summed E-state index contributed by atoms with van der Waals surface area (Å²) in [5, 5.41) is 0. The van der Waals surface area contributed by atoms with Gasteiger partial charge in [0.2, 0.25) is 0 Å². The van der Waals surface area contributed by atoms with Crippen molar-refractivity contribution in [1.82, 2.24) is 0 Å². The summed E-state index contributed by atoms with van der Waals surface area (Å²) in [7, 11) is 1.73. The molecule has 1 unspecified atom stereocenters. The van der Waals surface area contributed by atoms with E-state index in [9.17, 15) is 4.79 Å². The fourth-order valence-corrected chi connectivity index (χ4v) is 3.73. The second kappa shape index (κ2) is 6.91. The number of methoxy groups -OCH3 is 1. The fraction of sp³-hybridized carbons (Fsp3) is 0.632. The maximum Gasteiger partial charge on any atom is 0.344 e. The van der Waals surface area contributed by atoms with Crippen LogP contribution >= 0.6 is 0 Å². The largest absolute Gasteiger partial charge is 0.482 e. The lowest BCUT2D eigenvalue weighted by Crippen LogP contribution is -2.35. The molecule has 0 aromatic heterocycles. The van der Waals surface area contributed by atoms with E-state index >= 15 is 0 Å². The van der Waals surface area contributed by atoms with E-state index in [-0.39, 0.29) is 24.3 Å². The summed E-state index contributed by atoms with van der Waals surface area (Å²) in [4.78, 5) is 12.1. The summed E-state index contributed by atoms with van der Waals surface area (Å²) in [6.45, 7) is 1.99. The number of hydrogen-bond donors (Lipinski definition) is 0. The zero-order chi connectivity index (χ0) is 16.3. The molecule has 0 saturated heterocycles. The van der Waals surface area contributed by atoms with E-state index in [0.717, 1.165) is 38.5 Å². The SMILES string of the molecule is COC1CCc2ccc(OCC(=O)OC3(C)CCCCC3)cc21. The Morgan fingerprint density at radius 2 is 2.04 bits per heavy atom. The monoisotopic (exact) mass is 318 g/mol. The zero-order valence-electron chi connectivity index (χ0n) is 14.1. The predicted octanol–water partition coefficient (Wildman–Crippen LogP) is 3.97. The molecule has 0 amide bonds. The highest BCUT2D eigenvalue weighted by molar-refractivity contribution is 5.71. The zero-order valence-corrected chi connectivity index (χ0v) is 14.1. The molecule has 0 heterocycles. The maximum atomic E-state index is 12.1. The fourth-order valence-electron chi connectivity index (χ4n) is 3.73. The van der Waals surface area contributed by atoms with Gasteiger partial charge in [-0.15, -0.1) is 0 Å². The summed E-state index contributed by atoms with van der Waals surface area (Å²) in [6, 6.07) is 5.98. The molecule has 2 aliphatic rings. The van der Waals surface area contributed by atoms with Gasteiger partial charge in [-0.25, -0.2) is 4.79 Å². The van der Waals surface area contributed by atoms with Crippen molar-refractivity contribution in [1.29, 1.82) is 0 Å². The van der Waals surface area contributed by atoms with Crippen molar-refractivity contribution < 1.29 is 19.0 Å². The van der Waals surface area contributed by atoms with Crippen LogP contribution in [0.1, 0.15) is 62.7 Å². The third kappa shape index (κ3) is 3.86. The number of hydrogen-bond acceptors (Lipinski definition) is 4. The van der Waals surface area contributed by atoms with Crippen LogP contribution in [0.2, 0.25) is 0 Å². The van der Waals surface area contributed by atoms with Crippen molar-refractivity contribution in [2.24, 2.45) is 0 Å². The van der Waals surface area contributed by atoms with Crippen molar-refractivity contribution in [3.8, 4) is 5.75 Å². The minimum atomic E-state index is -0.308. The van der Waals surface area contributed by atoms with E-state index in [1.165, 1.54) is 17.5 Å². The van der Waals surface area contributed by atoms with Gasteiger partial charge >= 0.3 is 5.97 Å². The second-order valence-electron chi connectivity index (χ2n) is 6.90. The normalized spacial score (nSPS) is 22.4. The number of carbonyl (C=O) groups is 1. The summed E-state index contributed by atoms with van der Waals surface area (Å²) in [6.07, 6.45) is 7.59. The number of aryl methyl sites for hydroxylation is 1. The smallest absolute Gasteiger partial charge is 0.344 e. The van der Waals surface area contributed by atoms with Gasteiger partial charge in [-0.1, -0.05) is 12.5 Å². The van der Waals surface area contributed by atoms with E-state index < -0.39 is 0 Å². The Labute approximate surface area is 138 Å². The van der Waals surface area contributed by atoms with Crippen LogP contribution < -0.4 is 4.74 Å². The van der Waals surface area contributed by atoms with E-state index in [2.05, 4.69) is 6.07 Å². The Morgan fingerprint density at radius 1 is 1.26 bits per heavy atom. The average molecular weight is 318 g/mol. The van der Waals surface area contributed by atoms with Gasteiger partial charge < -0.3 is 14.2 Å². The molecule has 1 atom stereocenters. The number of ether oxygens (including phenoxy) is 3. The number of rotatable bonds is 5. The first-order chi connectivity index (χ1) is 11.1. The van der Waals surface area contributed by atoms with E-state index in [4.69, 9.17) is 14.2 Å². The minimum Gasteiger partial charge on any atom is -0.482 e. The number of fused-ring (bicyclic) bond motifs is 1. The molecule has 4 nitrogen and oxygen atoms in total. The minimum absolute atomic E-state index is 0.0357. The summed E-state index contributed by atoms with van der Waals surface area (Å²) >= 11 is 0. The van der Waals surface area contributed by atoms with Crippen LogP contribution in [0.3, 0.4) is 0 Å². The first-order valence-electron chi connectivity index (χ1n) is 8.60. The molecule has 2 aliphatic carbocycles. The molecule has 0 bridgehead atoms. The van der Waals surface area contributed by atoms with E-state index in [1.54, 1.807) is 7.11 Å². The van der Waals surface area contributed by atoms with Gasteiger partial charge in [-0.2, -0.15) is 0 Å². The third-order valence-corrected chi connectivity index (χ3v) is 5.05. The third-order valence-electron chi connectivity index (χ3n) is 5.05. The van der Waals surface area contributed by atoms with E-state index in [0.29, 0.717) is 5.75 Å². The van der Waals surface area contributed by atoms with Crippen LogP contribution in [0.5, 0.6) is 5.75 Å². The van der Waals surface area contributed by atoms with Crippen LogP contribution in [0.15, 0.2) is 18.2 Å². The highest BCUT2D eigenvalue weighted by Gasteiger charge is 2.31. The summed E-state index contributed by atoms with van der Waals surface area (Å²) in [5.74, 6) is 0.427. The molecule has 0 radical (unpaired) electrons. The van der Waals surface area contributed by atoms with Gasteiger partial charge in [0.25, 0.3) is 0 Å². The second-order valence-corrected chi connectivity index (χ2v) is 6.90. The lowest BCUT2D eigenvalue weighted by atomic mass is 9.86. The Kier molecular flexibility index (Phi) is 4.90. The molecule has 4 heteroatoms. The molecule has 1 aromatic carbocycles. The van der Waals surface area contributed by atoms with Crippen molar-refractivity contribution in [3.63, 3.8) is 0 Å². The molecule has 3 rings (SSSR count). The van der Waals surface area contributed by atoms with Crippen LogP contribution in [0, 0.1) is 0 Å². The van der Waals surface area contributed by atoms with Gasteiger partial charge in [-0.3, -0.25) is 0 Å². The summed E-state index contributed by atoms with van der Waals surface area (Å²) < 4.78 is 16.8.